The summed E-state index contributed by atoms with van der Waals surface area (Å²) in [4.78, 5) is 0. The summed E-state index contributed by atoms with van der Waals surface area (Å²) in [6, 6.07) is 6.36. The topological polar surface area (TPSA) is 12.5 Å². The summed E-state index contributed by atoms with van der Waals surface area (Å²) in [5.41, 5.74) is 1.28. The van der Waals surface area contributed by atoms with E-state index in [2.05, 4.69) is 62.5 Å². The average Bonchev–Trinajstić information content (AvgIpc) is 2.17. The number of rotatable bonds is 1. The Balaban J connectivity index is 2.41. The monoisotopic (exact) mass is 514 g/mol. The van der Waals surface area contributed by atoms with Crippen LogP contribution in [0, 0.1) is 3.57 Å². The summed E-state index contributed by atoms with van der Waals surface area (Å²) in [7, 11) is 0. The summed E-state index contributed by atoms with van der Waals surface area (Å²) in [6.45, 7) is 1.87. The Hall–Kier alpha value is 1.01. The first-order valence-electron chi connectivity index (χ1n) is 3.77. The number of fused-ring (bicyclic) bond motifs is 1. The molecule has 0 atom stereocenters. The van der Waals surface area contributed by atoms with Crippen LogP contribution in [0.15, 0.2) is 18.2 Å². The second-order valence-electron chi connectivity index (χ2n) is 2.61. The van der Waals surface area contributed by atoms with Gasteiger partial charge in [-0.25, -0.2) is 0 Å². The number of nitrogens with zero attached hydrogens (tertiary/aromatic N) is 1. The normalized spacial score (nSPS) is 15.4. The first-order chi connectivity index (χ1) is 6.31. The van der Waals surface area contributed by atoms with Gasteiger partial charge in [-0.3, -0.25) is 0 Å². The van der Waals surface area contributed by atoms with Crippen LogP contribution in [0.3, 0.4) is 0 Å². The minimum atomic E-state index is 0.105. The van der Waals surface area contributed by atoms with Gasteiger partial charge >= 0.3 is 113 Å². The van der Waals surface area contributed by atoms with E-state index in [-0.39, 0.29) is 17.5 Å². The zero-order valence-electron chi connectivity index (χ0n) is 6.64. The van der Waals surface area contributed by atoms with E-state index < -0.39 is 0 Å². The molecule has 0 unspecified atom stereocenters. The van der Waals surface area contributed by atoms with Gasteiger partial charge in [0, 0.05) is 0 Å². The third-order valence-corrected chi connectivity index (χ3v) is 6.87. The van der Waals surface area contributed by atoms with Crippen LogP contribution < -0.4 is 25.4 Å². The standard InChI is InChI=1S/C8H7I3NO/c9-6-1-2-8-7(5-6)12(11-10)3-4-13-8/h1-2,5H,3-4H2/q-1. The molecule has 0 radical (unpaired) electrons. The molecular weight excluding hydrogens is 507 g/mol. The molecule has 1 aliphatic heterocycles. The van der Waals surface area contributed by atoms with Crippen LogP contribution in [-0.4, -0.2) is 13.2 Å². The summed E-state index contributed by atoms with van der Waals surface area (Å²) >= 11 is 4.94. The molecule has 1 aliphatic rings. The summed E-state index contributed by atoms with van der Waals surface area (Å²) in [6.07, 6.45) is 0. The van der Waals surface area contributed by atoms with Gasteiger partial charge in [-0.15, -0.1) is 0 Å². The van der Waals surface area contributed by atoms with Gasteiger partial charge in [0.2, 0.25) is 0 Å². The summed E-state index contributed by atoms with van der Waals surface area (Å²) in [5.74, 6) is 1.04. The molecule has 1 heterocycles. The van der Waals surface area contributed by atoms with Crippen molar-refractivity contribution in [2.45, 2.75) is 0 Å². The fraction of sp³-hybridized carbons (Fsp3) is 0.250. The van der Waals surface area contributed by atoms with Crippen molar-refractivity contribution in [3.05, 3.63) is 21.8 Å². The van der Waals surface area contributed by atoms with Crippen LogP contribution in [-0.2, 0) is 0 Å². The van der Waals surface area contributed by atoms with E-state index in [1.807, 2.05) is 0 Å². The Morgan fingerprint density at radius 1 is 1.46 bits per heavy atom. The van der Waals surface area contributed by atoms with Crippen molar-refractivity contribution in [1.29, 1.82) is 0 Å². The Morgan fingerprint density at radius 3 is 3.08 bits per heavy atom. The molecule has 5 heteroatoms. The Bertz CT molecular complexity index is 318. The van der Waals surface area contributed by atoms with E-state index in [0.29, 0.717) is 0 Å². The quantitative estimate of drug-likeness (QED) is 0.383. The zero-order valence-corrected chi connectivity index (χ0v) is 13.1. The molecule has 0 saturated carbocycles. The van der Waals surface area contributed by atoms with Crippen LogP contribution in [0.4, 0.5) is 5.69 Å². The van der Waals surface area contributed by atoms with Gasteiger partial charge in [0.25, 0.3) is 0 Å². The average molecular weight is 514 g/mol. The number of halogens is 3. The molecular formula is C8H7I3NO-. The van der Waals surface area contributed by atoms with Crippen LogP contribution in [0.25, 0.3) is 0 Å². The fourth-order valence-electron chi connectivity index (χ4n) is 1.22. The van der Waals surface area contributed by atoms with Crippen molar-refractivity contribution < 1.29 is 22.2 Å². The van der Waals surface area contributed by atoms with Crippen LogP contribution in [0.1, 0.15) is 0 Å². The first kappa shape index (κ1) is 10.5. The Labute approximate surface area is 111 Å². The molecule has 13 heavy (non-hydrogen) atoms. The third kappa shape index (κ3) is 2.33. The van der Waals surface area contributed by atoms with Crippen molar-refractivity contribution in [3.63, 3.8) is 0 Å². The molecule has 0 saturated heterocycles. The van der Waals surface area contributed by atoms with Crippen LogP contribution >= 0.6 is 41.2 Å². The van der Waals surface area contributed by atoms with Gasteiger partial charge in [-0.1, -0.05) is 0 Å². The molecule has 72 valence electrons. The predicted octanol–water partition coefficient (Wildman–Crippen LogP) is -0.156. The first-order valence-corrected chi connectivity index (χ1v) is 12.1. The number of ether oxygens (including phenoxy) is 1. The molecule has 0 fully saturated rings. The summed E-state index contributed by atoms with van der Waals surface area (Å²) < 4.78 is 9.30. The minimum absolute atomic E-state index is 0.105. The SMILES string of the molecule is I[I-]N1CCOc2ccc(I)cc21. The number of hydrogen-bond donors (Lipinski definition) is 0. The van der Waals surface area contributed by atoms with Crippen molar-refractivity contribution in [3.8, 4) is 5.75 Å². The molecule has 0 spiro atoms. The predicted molar refractivity (Wildman–Crippen MR) is 66.0 cm³/mol. The Kier molecular flexibility index (Phi) is 3.79. The van der Waals surface area contributed by atoms with Crippen LogP contribution in [0.2, 0.25) is 0 Å². The number of hydrogen-bond acceptors (Lipinski definition) is 2. The van der Waals surface area contributed by atoms with E-state index in [0.717, 1.165) is 18.9 Å². The zero-order chi connectivity index (χ0) is 9.26. The van der Waals surface area contributed by atoms with Crippen molar-refractivity contribution in [2.75, 3.05) is 16.3 Å². The molecule has 0 aliphatic carbocycles. The molecule has 1 aromatic carbocycles. The van der Waals surface area contributed by atoms with Gasteiger partial charge in [0.1, 0.15) is 0 Å². The van der Waals surface area contributed by atoms with Crippen LogP contribution in [0.5, 0.6) is 5.75 Å². The summed E-state index contributed by atoms with van der Waals surface area (Å²) in [5, 5.41) is 0. The molecule has 0 aromatic heterocycles. The third-order valence-electron chi connectivity index (χ3n) is 1.80. The second-order valence-corrected chi connectivity index (χ2v) is 7.83. The van der Waals surface area contributed by atoms with Crippen molar-refractivity contribution in [2.24, 2.45) is 0 Å². The van der Waals surface area contributed by atoms with Gasteiger partial charge in [0.15, 0.2) is 0 Å². The van der Waals surface area contributed by atoms with Gasteiger partial charge in [-0.05, 0) is 0 Å². The molecule has 2 rings (SSSR count). The molecule has 1 aromatic rings. The van der Waals surface area contributed by atoms with E-state index in [1.165, 1.54) is 9.26 Å². The number of anilines is 1. The second kappa shape index (κ2) is 4.69. The van der Waals surface area contributed by atoms with E-state index in [4.69, 9.17) is 4.74 Å². The van der Waals surface area contributed by atoms with Gasteiger partial charge < -0.3 is 0 Å². The molecule has 0 bridgehead atoms. The number of benzene rings is 1. The Morgan fingerprint density at radius 2 is 2.31 bits per heavy atom. The van der Waals surface area contributed by atoms with Crippen molar-refractivity contribution >= 4 is 46.9 Å². The maximum absolute atomic E-state index is 5.58. The van der Waals surface area contributed by atoms with Gasteiger partial charge in [-0.2, -0.15) is 0 Å². The van der Waals surface area contributed by atoms with E-state index >= 15 is 0 Å². The van der Waals surface area contributed by atoms with Crippen molar-refractivity contribution in [1.82, 2.24) is 0 Å². The van der Waals surface area contributed by atoms with E-state index in [9.17, 15) is 0 Å². The molecule has 2 nitrogen and oxygen atoms in total. The fourth-order valence-corrected chi connectivity index (χ4v) is 5.19. The maximum atomic E-state index is 5.58. The molecule has 0 amide bonds. The van der Waals surface area contributed by atoms with Gasteiger partial charge in [0.05, 0.1) is 0 Å². The molecule has 0 N–H and O–H groups in total. The van der Waals surface area contributed by atoms with E-state index in [1.54, 1.807) is 0 Å².